The van der Waals surface area contributed by atoms with E-state index in [1.54, 1.807) is 12.1 Å². The molecule has 0 fully saturated rings. The van der Waals surface area contributed by atoms with Gasteiger partial charge in [0.25, 0.3) is 0 Å². The van der Waals surface area contributed by atoms with Gasteiger partial charge in [-0.1, -0.05) is 18.2 Å². The highest BCUT2D eigenvalue weighted by atomic mass is 19.1. The van der Waals surface area contributed by atoms with Crippen molar-refractivity contribution >= 4 is 16.6 Å². The molecule has 0 radical (unpaired) electrons. The molecule has 0 atom stereocenters. The first-order chi connectivity index (χ1) is 14.3. The van der Waals surface area contributed by atoms with Crippen LogP contribution in [-0.2, 0) is 13.1 Å². The third-order valence-corrected chi connectivity index (χ3v) is 6.19. The molecule has 4 heteroatoms. The molecule has 0 aliphatic rings. The molecule has 2 aromatic carbocycles. The van der Waals surface area contributed by atoms with Crippen LogP contribution in [0.3, 0.4) is 0 Å². The second kappa shape index (κ2) is 7.94. The van der Waals surface area contributed by atoms with Crippen molar-refractivity contribution < 1.29 is 4.39 Å². The SMILES string of the molecule is Cc1ccc(Cn2c(C)c(C)c3ccnc(CN(C)c4ccc(F)cc4)c32)cc1C. The summed E-state index contributed by atoms with van der Waals surface area (Å²) in [6.45, 7) is 10.1. The lowest BCUT2D eigenvalue weighted by molar-refractivity contribution is 0.627. The van der Waals surface area contributed by atoms with E-state index in [9.17, 15) is 4.39 Å². The molecule has 0 saturated carbocycles. The molecular weight excluding hydrogens is 373 g/mol. The molecule has 0 amide bonds. The number of rotatable bonds is 5. The number of anilines is 1. The number of aromatic nitrogens is 2. The number of benzene rings is 2. The standard InChI is InChI=1S/C26H28FN3/c1-17-6-7-21(14-18(17)2)15-30-20(4)19(3)24-12-13-28-25(26(24)30)16-29(5)23-10-8-22(27)9-11-23/h6-14H,15-16H2,1-5H3. The van der Waals surface area contributed by atoms with Crippen LogP contribution < -0.4 is 4.90 Å². The van der Waals surface area contributed by atoms with Crippen molar-refractivity contribution in [3.63, 3.8) is 0 Å². The van der Waals surface area contributed by atoms with Crippen LogP contribution in [0, 0.1) is 33.5 Å². The van der Waals surface area contributed by atoms with Crippen LogP contribution in [0.1, 0.15) is 33.6 Å². The number of hydrogen-bond donors (Lipinski definition) is 0. The van der Waals surface area contributed by atoms with Gasteiger partial charge in [0, 0.05) is 36.6 Å². The summed E-state index contributed by atoms with van der Waals surface area (Å²) in [6.07, 6.45) is 1.89. The van der Waals surface area contributed by atoms with E-state index >= 15 is 0 Å². The van der Waals surface area contributed by atoms with Crippen molar-refractivity contribution in [2.45, 2.75) is 40.8 Å². The second-order valence-corrected chi connectivity index (χ2v) is 8.20. The molecule has 30 heavy (non-hydrogen) atoms. The maximum Gasteiger partial charge on any atom is 0.123 e. The number of pyridine rings is 1. The highest BCUT2D eigenvalue weighted by Crippen LogP contribution is 2.29. The van der Waals surface area contributed by atoms with Gasteiger partial charge in [-0.05, 0) is 80.3 Å². The van der Waals surface area contributed by atoms with E-state index in [0.29, 0.717) is 6.54 Å². The Bertz CT molecular complexity index is 1210. The van der Waals surface area contributed by atoms with Crippen LogP contribution in [0.2, 0.25) is 0 Å². The topological polar surface area (TPSA) is 21.1 Å². The molecule has 2 aromatic heterocycles. The lowest BCUT2D eigenvalue weighted by Crippen LogP contribution is -2.18. The summed E-state index contributed by atoms with van der Waals surface area (Å²) in [7, 11) is 2.02. The monoisotopic (exact) mass is 401 g/mol. The molecule has 4 aromatic rings. The zero-order valence-corrected chi connectivity index (χ0v) is 18.3. The summed E-state index contributed by atoms with van der Waals surface area (Å²) >= 11 is 0. The van der Waals surface area contributed by atoms with Crippen LogP contribution in [0.15, 0.2) is 54.7 Å². The van der Waals surface area contributed by atoms with E-state index in [0.717, 1.165) is 17.9 Å². The summed E-state index contributed by atoms with van der Waals surface area (Å²) in [5, 5.41) is 1.24. The lowest BCUT2D eigenvalue weighted by Gasteiger charge is -2.20. The summed E-state index contributed by atoms with van der Waals surface area (Å²) in [5.74, 6) is -0.221. The lowest BCUT2D eigenvalue weighted by atomic mass is 10.1. The predicted octanol–water partition coefficient (Wildman–Crippen LogP) is 6.09. The third-order valence-electron chi connectivity index (χ3n) is 6.19. The quantitative estimate of drug-likeness (QED) is 0.403. The smallest absolute Gasteiger partial charge is 0.123 e. The van der Waals surface area contributed by atoms with Crippen LogP contribution in [0.25, 0.3) is 10.9 Å². The van der Waals surface area contributed by atoms with E-state index in [4.69, 9.17) is 4.98 Å². The minimum absolute atomic E-state index is 0.221. The van der Waals surface area contributed by atoms with Crippen LogP contribution in [0.5, 0.6) is 0 Å². The number of aryl methyl sites for hydroxylation is 3. The van der Waals surface area contributed by atoms with Crippen molar-refractivity contribution in [2.24, 2.45) is 0 Å². The van der Waals surface area contributed by atoms with E-state index in [-0.39, 0.29) is 5.82 Å². The van der Waals surface area contributed by atoms with Gasteiger partial charge in [0.1, 0.15) is 5.82 Å². The third kappa shape index (κ3) is 3.70. The van der Waals surface area contributed by atoms with E-state index in [1.165, 1.54) is 51.0 Å². The zero-order valence-electron chi connectivity index (χ0n) is 18.3. The Morgan fingerprint density at radius 1 is 0.933 bits per heavy atom. The molecule has 0 bridgehead atoms. The minimum atomic E-state index is -0.221. The van der Waals surface area contributed by atoms with Gasteiger partial charge in [-0.15, -0.1) is 0 Å². The molecule has 0 unspecified atom stereocenters. The average molecular weight is 402 g/mol. The summed E-state index contributed by atoms with van der Waals surface area (Å²) < 4.78 is 15.7. The van der Waals surface area contributed by atoms with Crippen molar-refractivity contribution in [3.05, 3.63) is 94.2 Å². The first-order valence-corrected chi connectivity index (χ1v) is 10.3. The van der Waals surface area contributed by atoms with Gasteiger partial charge in [0.05, 0.1) is 17.8 Å². The van der Waals surface area contributed by atoms with Gasteiger partial charge in [0.2, 0.25) is 0 Å². The first kappa shape index (κ1) is 20.1. The van der Waals surface area contributed by atoms with E-state index in [1.807, 2.05) is 13.2 Å². The molecular formula is C26H28FN3. The highest BCUT2D eigenvalue weighted by molar-refractivity contribution is 5.87. The molecule has 154 valence electrons. The van der Waals surface area contributed by atoms with E-state index < -0.39 is 0 Å². The Morgan fingerprint density at radius 3 is 2.37 bits per heavy atom. The van der Waals surface area contributed by atoms with Gasteiger partial charge in [-0.2, -0.15) is 0 Å². The summed E-state index contributed by atoms with van der Waals surface area (Å²) in [4.78, 5) is 6.85. The molecule has 4 rings (SSSR count). The van der Waals surface area contributed by atoms with Crippen molar-refractivity contribution in [2.75, 3.05) is 11.9 Å². The maximum absolute atomic E-state index is 13.3. The highest BCUT2D eigenvalue weighted by Gasteiger charge is 2.17. The average Bonchev–Trinajstić information content (AvgIpc) is 2.97. The van der Waals surface area contributed by atoms with Gasteiger partial charge in [0.15, 0.2) is 0 Å². The molecule has 0 aliphatic heterocycles. The van der Waals surface area contributed by atoms with Crippen LogP contribution in [-0.4, -0.2) is 16.6 Å². The first-order valence-electron chi connectivity index (χ1n) is 10.3. The number of nitrogens with zero attached hydrogens (tertiary/aromatic N) is 3. The maximum atomic E-state index is 13.3. The van der Waals surface area contributed by atoms with Crippen LogP contribution in [0.4, 0.5) is 10.1 Å². The Hall–Kier alpha value is -3.14. The number of halogens is 1. The van der Waals surface area contributed by atoms with Gasteiger partial charge < -0.3 is 9.47 Å². The second-order valence-electron chi connectivity index (χ2n) is 8.20. The summed E-state index contributed by atoms with van der Waals surface area (Å²) in [5.41, 5.74) is 9.65. The summed E-state index contributed by atoms with van der Waals surface area (Å²) in [6, 6.07) is 15.4. The van der Waals surface area contributed by atoms with Crippen molar-refractivity contribution in [1.82, 2.24) is 9.55 Å². The normalized spacial score (nSPS) is 11.3. The van der Waals surface area contributed by atoms with Crippen LogP contribution >= 0.6 is 0 Å². The molecule has 0 aliphatic carbocycles. The molecule has 3 nitrogen and oxygen atoms in total. The predicted molar refractivity (Wildman–Crippen MR) is 123 cm³/mol. The Balaban J connectivity index is 1.76. The fraction of sp³-hybridized carbons (Fsp3) is 0.269. The zero-order chi connectivity index (χ0) is 21.4. The van der Waals surface area contributed by atoms with Gasteiger partial charge in [-0.25, -0.2) is 4.39 Å². The van der Waals surface area contributed by atoms with Crippen molar-refractivity contribution in [1.29, 1.82) is 0 Å². The Kier molecular flexibility index (Phi) is 5.33. The van der Waals surface area contributed by atoms with E-state index in [2.05, 4.69) is 61.4 Å². The van der Waals surface area contributed by atoms with Gasteiger partial charge in [-0.3, -0.25) is 4.98 Å². The largest absolute Gasteiger partial charge is 0.369 e. The molecule has 0 N–H and O–H groups in total. The number of fused-ring (bicyclic) bond motifs is 1. The fourth-order valence-corrected chi connectivity index (χ4v) is 4.08. The molecule has 2 heterocycles. The molecule has 0 spiro atoms. The van der Waals surface area contributed by atoms with Crippen molar-refractivity contribution in [3.8, 4) is 0 Å². The fourth-order valence-electron chi connectivity index (χ4n) is 4.08. The molecule has 0 saturated heterocycles. The Labute approximate surface area is 177 Å². The Morgan fingerprint density at radius 2 is 1.67 bits per heavy atom. The number of hydrogen-bond acceptors (Lipinski definition) is 2. The van der Waals surface area contributed by atoms with Gasteiger partial charge >= 0.3 is 0 Å². The minimum Gasteiger partial charge on any atom is -0.369 e.